The van der Waals surface area contributed by atoms with Crippen LogP contribution in [0.25, 0.3) is 0 Å². The lowest BCUT2D eigenvalue weighted by Gasteiger charge is -2.00. The molecule has 0 aliphatic heterocycles. The van der Waals surface area contributed by atoms with Crippen molar-refractivity contribution in [2.75, 3.05) is 13.7 Å². The molecule has 0 spiro atoms. The van der Waals surface area contributed by atoms with Crippen LogP contribution in [-0.4, -0.2) is 19.5 Å². The van der Waals surface area contributed by atoms with Crippen LogP contribution >= 0.6 is 0 Å². The minimum Gasteiger partial charge on any atom is -0.501 e. The number of ketones is 1. The highest BCUT2D eigenvalue weighted by molar-refractivity contribution is 6.04. The van der Waals surface area contributed by atoms with Crippen molar-refractivity contribution in [2.24, 2.45) is 0 Å². The lowest BCUT2D eigenvalue weighted by atomic mass is 10.1. The van der Waals surface area contributed by atoms with Crippen LogP contribution in [0.3, 0.4) is 0 Å². The van der Waals surface area contributed by atoms with Gasteiger partial charge in [-0.25, -0.2) is 0 Å². The van der Waals surface area contributed by atoms with Gasteiger partial charge in [0.2, 0.25) is 0 Å². The molecule has 0 unspecified atom stereocenters. The van der Waals surface area contributed by atoms with Crippen LogP contribution in [0, 0.1) is 0 Å². The number of benzene rings is 1. The second-order valence-electron chi connectivity index (χ2n) is 2.85. The Morgan fingerprint density at radius 3 is 2.93 bits per heavy atom. The summed E-state index contributed by atoms with van der Waals surface area (Å²) < 4.78 is 9.97. The van der Waals surface area contributed by atoms with Crippen molar-refractivity contribution in [3.63, 3.8) is 0 Å². The highest BCUT2D eigenvalue weighted by atomic mass is 16.5. The van der Waals surface area contributed by atoms with Crippen molar-refractivity contribution < 1.29 is 14.3 Å². The molecule has 0 N–H and O–H groups in total. The third kappa shape index (κ3) is 3.46. The van der Waals surface area contributed by atoms with E-state index in [2.05, 4.69) is 0 Å². The van der Waals surface area contributed by atoms with Crippen molar-refractivity contribution in [3.05, 3.63) is 42.2 Å². The van der Waals surface area contributed by atoms with Crippen molar-refractivity contribution in [3.8, 4) is 5.75 Å². The van der Waals surface area contributed by atoms with Crippen molar-refractivity contribution >= 4 is 5.78 Å². The Kier molecular flexibility index (Phi) is 4.41. The molecule has 0 saturated heterocycles. The fourth-order valence-electron chi connectivity index (χ4n) is 1.08. The average molecular weight is 206 g/mol. The van der Waals surface area contributed by atoms with Gasteiger partial charge in [-0.1, -0.05) is 12.1 Å². The van der Waals surface area contributed by atoms with Crippen LogP contribution in [0.2, 0.25) is 0 Å². The van der Waals surface area contributed by atoms with Gasteiger partial charge in [-0.15, -0.1) is 0 Å². The Balaban J connectivity index is 2.73. The molecule has 1 aromatic carbocycles. The van der Waals surface area contributed by atoms with E-state index in [-0.39, 0.29) is 5.78 Å². The second-order valence-corrected chi connectivity index (χ2v) is 2.85. The Morgan fingerprint density at radius 2 is 2.27 bits per heavy atom. The number of carbonyl (C=O) groups is 1. The van der Waals surface area contributed by atoms with Gasteiger partial charge in [-0.2, -0.15) is 0 Å². The molecule has 3 nitrogen and oxygen atoms in total. The zero-order valence-corrected chi connectivity index (χ0v) is 8.90. The smallest absolute Gasteiger partial charge is 0.189 e. The van der Waals surface area contributed by atoms with Crippen LogP contribution in [-0.2, 0) is 4.74 Å². The fraction of sp³-hybridized carbons (Fsp3) is 0.250. The molecule has 3 heteroatoms. The fourth-order valence-corrected chi connectivity index (χ4v) is 1.08. The van der Waals surface area contributed by atoms with E-state index in [1.54, 1.807) is 31.4 Å². The molecule has 0 bridgehead atoms. The molecule has 0 aliphatic carbocycles. The molecule has 15 heavy (non-hydrogen) atoms. The lowest BCUT2D eigenvalue weighted by Crippen LogP contribution is -1.95. The standard InChI is InChI=1S/C12H14O3/c1-3-15-8-7-12(13)10-5-4-6-11(9-10)14-2/h4-9H,3H2,1-2H3/b8-7+. The number of ether oxygens (including phenoxy) is 2. The largest absolute Gasteiger partial charge is 0.501 e. The number of rotatable bonds is 5. The number of hydrogen-bond donors (Lipinski definition) is 0. The van der Waals surface area contributed by atoms with Crippen molar-refractivity contribution in [1.29, 1.82) is 0 Å². The molecule has 1 rings (SSSR count). The molecule has 0 saturated carbocycles. The maximum Gasteiger partial charge on any atom is 0.189 e. The summed E-state index contributed by atoms with van der Waals surface area (Å²) in [5.74, 6) is 0.577. The summed E-state index contributed by atoms with van der Waals surface area (Å²) in [4.78, 5) is 11.6. The highest BCUT2D eigenvalue weighted by Gasteiger charge is 2.02. The highest BCUT2D eigenvalue weighted by Crippen LogP contribution is 2.13. The van der Waals surface area contributed by atoms with Gasteiger partial charge < -0.3 is 9.47 Å². The molecule has 80 valence electrons. The van der Waals surface area contributed by atoms with Gasteiger partial charge in [0.05, 0.1) is 20.0 Å². The zero-order valence-electron chi connectivity index (χ0n) is 8.90. The van der Waals surface area contributed by atoms with Crippen molar-refractivity contribution in [1.82, 2.24) is 0 Å². The molecule has 0 amide bonds. The van der Waals surface area contributed by atoms with E-state index in [0.717, 1.165) is 0 Å². The summed E-state index contributed by atoms with van der Waals surface area (Å²) in [6, 6.07) is 7.00. The second kappa shape index (κ2) is 5.86. The van der Waals surface area contributed by atoms with Gasteiger partial charge >= 0.3 is 0 Å². The molecule has 1 aromatic rings. The van der Waals surface area contributed by atoms with Gasteiger partial charge in [0, 0.05) is 11.6 Å². The number of hydrogen-bond acceptors (Lipinski definition) is 3. The van der Waals surface area contributed by atoms with Gasteiger partial charge in [-0.3, -0.25) is 4.79 Å². The summed E-state index contributed by atoms with van der Waals surface area (Å²) in [7, 11) is 1.57. The van der Waals surface area contributed by atoms with Crippen molar-refractivity contribution in [2.45, 2.75) is 6.92 Å². The number of methoxy groups -OCH3 is 1. The monoisotopic (exact) mass is 206 g/mol. The van der Waals surface area contributed by atoms with Crippen LogP contribution < -0.4 is 4.74 Å². The van der Waals surface area contributed by atoms with Gasteiger partial charge in [0.1, 0.15) is 5.75 Å². The van der Waals surface area contributed by atoms with Gasteiger partial charge in [0.25, 0.3) is 0 Å². The maximum atomic E-state index is 11.6. The van der Waals surface area contributed by atoms with Crippen LogP contribution in [0.15, 0.2) is 36.6 Å². The van der Waals surface area contributed by atoms with Gasteiger partial charge in [0.15, 0.2) is 5.78 Å². The molecule has 0 aliphatic rings. The van der Waals surface area contributed by atoms with E-state index in [4.69, 9.17) is 9.47 Å². The predicted octanol–water partition coefficient (Wildman–Crippen LogP) is 2.43. The predicted molar refractivity (Wildman–Crippen MR) is 58.1 cm³/mol. The number of allylic oxidation sites excluding steroid dienone is 1. The van der Waals surface area contributed by atoms with E-state index >= 15 is 0 Å². The summed E-state index contributed by atoms with van der Waals surface area (Å²) in [5, 5.41) is 0. The Hall–Kier alpha value is -1.77. The lowest BCUT2D eigenvalue weighted by molar-refractivity contribution is 0.104. The topological polar surface area (TPSA) is 35.5 Å². The SMILES string of the molecule is CCO/C=C/C(=O)c1cccc(OC)c1. The molecule has 0 atom stereocenters. The maximum absolute atomic E-state index is 11.6. The Morgan fingerprint density at radius 1 is 1.47 bits per heavy atom. The van der Waals surface area contributed by atoms with E-state index < -0.39 is 0 Å². The average Bonchev–Trinajstić information content (AvgIpc) is 2.29. The van der Waals surface area contributed by atoms with Crippen LogP contribution in [0.4, 0.5) is 0 Å². The summed E-state index contributed by atoms with van der Waals surface area (Å²) in [6.45, 7) is 2.42. The van der Waals surface area contributed by atoms with Crippen LogP contribution in [0.5, 0.6) is 5.75 Å². The Labute approximate surface area is 89.3 Å². The molecule has 0 fully saturated rings. The minimum absolute atomic E-state index is 0.0950. The summed E-state index contributed by atoms with van der Waals surface area (Å²) in [6.07, 6.45) is 2.81. The normalized spacial score (nSPS) is 10.3. The summed E-state index contributed by atoms with van der Waals surface area (Å²) in [5.41, 5.74) is 0.588. The zero-order chi connectivity index (χ0) is 11.1. The van der Waals surface area contributed by atoms with E-state index in [9.17, 15) is 4.79 Å². The number of carbonyl (C=O) groups excluding carboxylic acids is 1. The first-order valence-corrected chi connectivity index (χ1v) is 4.74. The third-order valence-electron chi connectivity index (χ3n) is 1.84. The molecular weight excluding hydrogens is 192 g/mol. The molecule has 0 heterocycles. The summed E-state index contributed by atoms with van der Waals surface area (Å²) >= 11 is 0. The minimum atomic E-state index is -0.0950. The molecular formula is C12H14O3. The quantitative estimate of drug-likeness (QED) is 0.421. The van der Waals surface area contributed by atoms with E-state index in [1.165, 1.54) is 12.3 Å². The molecule has 0 aromatic heterocycles. The Bertz CT molecular complexity index is 356. The first-order chi connectivity index (χ1) is 7.27. The molecule has 0 radical (unpaired) electrons. The van der Waals surface area contributed by atoms with E-state index in [1.807, 2.05) is 6.92 Å². The van der Waals surface area contributed by atoms with E-state index in [0.29, 0.717) is 17.9 Å². The van der Waals surface area contributed by atoms with Crippen LogP contribution in [0.1, 0.15) is 17.3 Å². The van der Waals surface area contributed by atoms with Gasteiger partial charge in [-0.05, 0) is 19.1 Å². The first-order valence-electron chi connectivity index (χ1n) is 4.74. The third-order valence-corrected chi connectivity index (χ3v) is 1.84. The first kappa shape index (κ1) is 11.3.